The second-order valence-corrected chi connectivity index (χ2v) is 22.5. The molecular formula is C83H70O8. The number of fused-ring (bicyclic) bond motifs is 8. The van der Waals surface area contributed by atoms with Crippen molar-refractivity contribution in [2.45, 2.75) is 61.0 Å². The predicted octanol–water partition coefficient (Wildman–Crippen LogP) is 20.3. The number of esters is 4. The van der Waals surface area contributed by atoms with E-state index in [4.69, 9.17) is 18.9 Å². The Morgan fingerprint density at radius 3 is 1.01 bits per heavy atom. The fraction of sp³-hybridized carbons (Fsp3) is 0.108. The number of rotatable bonds is 13. The zero-order valence-corrected chi connectivity index (χ0v) is 51.9. The molecule has 0 radical (unpaired) electrons. The van der Waals surface area contributed by atoms with Gasteiger partial charge in [-0.3, -0.25) is 0 Å². The molecule has 0 fully saturated rings. The standard InChI is InChI=1S/C25H20O2.C20H18O2.2C19H16O2/c1-17(2)25(26)27-16-23-19-12-6-8-14-21(19)24(18-10-4-3-5-11-18)22-15-9-7-13-20(22)23;1-13(2)20(21)22-12-19-17-7-5-4-6-15(17)11-16-10-14(3)8-9-18(16)19;1-13(2)19(20)21-12-18-16-9-5-3-7-14(16)11-15-8-4-6-10-17(15)18;1-3-19(20)21-12-18-16-10-6-4-8-14(16)13(2)15-9-5-7-11-17(15)18/h3-15H,1,16H2,2H3;4-11H,1,12H2,2-3H3;2*3-11H,1,12H2,2H3. The summed E-state index contributed by atoms with van der Waals surface area (Å²) in [5.41, 5.74) is 10.2. The van der Waals surface area contributed by atoms with Gasteiger partial charge in [0, 0.05) is 45.0 Å². The van der Waals surface area contributed by atoms with Gasteiger partial charge in [0.25, 0.3) is 0 Å². The third kappa shape index (κ3) is 14.2. The summed E-state index contributed by atoms with van der Waals surface area (Å²) in [5, 5.41) is 18.3. The summed E-state index contributed by atoms with van der Waals surface area (Å²) in [7, 11) is 0. The number of carbonyl (C=O) groups excluding carboxylic acids is 4. The van der Waals surface area contributed by atoms with E-state index in [0.717, 1.165) is 92.3 Å². The van der Waals surface area contributed by atoms with Crippen LogP contribution >= 0.6 is 0 Å². The first-order valence-corrected chi connectivity index (χ1v) is 30.1. The molecule has 0 spiro atoms. The number of aryl methyl sites for hydroxylation is 2. The minimum atomic E-state index is -0.399. The first-order chi connectivity index (χ1) is 44.1. The molecule has 0 atom stereocenters. The maximum absolute atomic E-state index is 12.0. The van der Waals surface area contributed by atoms with Crippen molar-refractivity contribution < 1.29 is 38.1 Å². The van der Waals surface area contributed by atoms with Crippen molar-refractivity contribution in [3.05, 3.63) is 313 Å². The molecule has 450 valence electrons. The summed E-state index contributed by atoms with van der Waals surface area (Å²) in [6, 6.07) is 78.6. The average molecular weight is 1200 g/mol. The zero-order chi connectivity index (χ0) is 64.1. The molecule has 91 heavy (non-hydrogen) atoms. The normalized spacial score (nSPS) is 10.8. The Kier molecular flexibility index (Phi) is 19.8. The van der Waals surface area contributed by atoms with Gasteiger partial charge in [0.1, 0.15) is 26.4 Å². The fourth-order valence-electron chi connectivity index (χ4n) is 11.6. The van der Waals surface area contributed by atoms with Crippen LogP contribution in [0.1, 0.15) is 54.2 Å². The minimum Gasteiger partial charge on any atom is -0.458 e. The highest BCUT2D eigenvalue weighted by atomic mass is 16.5. The molecule has 0 aliphatic rings. The number of benzene rings is 13. The van der Waals surface area contributed by atoms with Crippen molar-refractivity contribution in [1.29, 1.82) is 0 Å². The monoisotopic (exact) mass is 1190 g/mol. The number of hydrogen-bond acceptors (Lipinski definition) is 8. The summed E-state index contributed by atoms with van der Waals surface area (Å²) in [4.78, 5) is 46.7. The third-order valence-corrected chi connectivity index (χ3v) is 16.0. The van der Waals surface area contributed by atoms with Gasteiger partial charge in [0.2, 0.25) is 0 Å². The minimum absolute atomic E-state index is 0.224. The van der Waals surface area contributed by atoms with Gasteiger partial charge in [-0.05, 0) is 150 Å². The van der Waals surface area contributed by atoms with Crippen molar-refractivity contribution >= 4 is 110 Å². The van der Waals surface area contributed by atoms with Crippen LogP contribution < -0.4 is 0 Å². The highest BCUT2D eigenvalue weighted by Crippen LogP contribution is 2.40. The average Bonchev–Trinajstić information content (AvgIpc) is 0.863. The van der Waals surface area contributed by atoms with E-state index < -0.39 is 5.97 Å². The van der Waals surface area contributed by atoms with Gasteiger partial charge >= 0.3 is 23.9 Å². The molecule has 0 aliphatic heterocycles. The van der Waals surface area contributed by atoms with Crippen LogP contribution in [0.15, 0.2) is 280 Å². The second-order valence-electron chi connectivity index (χ2n) is 22.5. The van der Waals surface area contributed by atoms with E-state index in [0.29, 0.717) is 16.7 Å². The SMILES string of the molecule is C=C(C)C(=O)OCc1c2ccccc2c(-c2ccccc2)c2ccccc12.C=C(C)C(=O)OCc1c2ccccc2cc2cc(C)ccc12.C=C(C)C(=O)OCc1c2ccccc2cc2ccccc12.C=CC(=O)OCc1c2ccccc2c(C)c2ccccc12. The molecule has 13 rings (SSSR count). The molecule has 0 saturated heterocycles. The lowest BCUT2D eigenvalue weighted by Crippen LogP contribution is -2.06. The smallest absolute Gasteiger partial charge is 0.333 e. The lowest BCUT2D eigenvalue weighted by atomic mass is 9.88. The largest absolute Gasteiger partial charge is 0.458 e. The van der Waals surface area contributed by atoms with Gasteiger partial charge in [-0.2, -0.15) is 0 Å². The Hall–Kier alpha value is -11.2. The topological polar surface area (TPSA) is 105 Å². The molecule has 0 N–H and O–H groups in total. The van der Waals surface area contributed by atoms with Crippen LogP contribution in [0, 0.1) is 13.8 Å². The fourth-order valence-corrected chi connectivity index (χ4v) is 11.6. The van der Waals surface area contributed by atoms with Gasteiger partial charge in [0.05, 0.1) is 0 Å². The van der Waals surface area contributed by atoms with E-state index in [9.17, 15) is 19.2 Å². The van der Waals surface area contributed by atoms with Crippen LogP contribution in [0.25, 0.3) is 97.3 Å². The second kappa shape index (κ2) is 28.7. The molecule has 0 bridgehead atoms. The maximum atomic E-state index is 12.0. The molecule has 0 saturated carbocycles. The van der Waals surface area contributed by atoms with Crippen LogP contribution in [-0.4, -0.2) is 23.9 Å². The Labute approximate surface area is 530 Å². The summed E-state index contributed by atoms with van der Waals surface area (Å²) in [5.74, 6) is -1.47. The Morgan fingerprint density at radius 2 is 0.626 bits per heavy atom. The highest BCUT2D eigenvalue weighted by molar-refractivity contribution is 6.15. The quantitative estimate of drug-likeness (QED) is 0.0487. The van der Waals surface area contributed by atoms with E-state index >= 15 is 0 Å². The van der Waals surface area contributed by atoms with E-state index in [1.807, 2.05) is 91.0 Å². The zero-order valence-electron chi connectivity index (χ0n) is 51.9. The van der Waals surface area contributed by atoms with Crippen molar-refractivity contribution in [2.24, 2.45) is 0 Å². The first-order valence-electron chi connectivity index (χ1n) is 30.1. The van der Waals surface area contributed by atoms with Crippen LogP contribution in [-0.2, 0) is 64.6 Å². The van der Waals surface area contributed by atoms with Crippen LogP contribution in [0.5, 0.6) is 0 Å². The third-order valence-electron chi connectivity index (χ3n) is 16.0. The summed E-state index contributed by atoms with van der Waals surface area (Å²) >= 11 is 0. The Balaban J connectivity index is 0.000000134. The van der Waals surface area contributed by atoms with Crippen LogP contribution in [0.4, 0.5) is 0 Å². The molecule has 8 nitrogen and oxygen atoms in total. The Morgan fingerprint density at radius 1 is 0.330 bits per heavy atom. The van der Waals surface area contributed by atoms with E-state index in [1.54, 1.807) is 20.8 Å². The predicted molar refractivity (Wildman–Crippen MR) is 375 cm³/mol. The highest BCUT2D eigenvalue weighted by Gasteiger charge is 2.18. The molecule has 0 aliphatic carbocycles. The van der Waals surface area contributed by atoms with Crippen molar-refractivity contribution in [1.82, 2.24) is 0 Å². The first kappa shape index (κ1) is 62.8. The molecule has 0 aromatic heterocycles. The Bertz CT molecular complexity index is 4830. The molecular weight excluding hydrogens is 1120 g/mol. The van der Waals surface area contributed by atoms with Gasteiger partial charge in [0.15, 0.2) is 0 Å². The van der Waals surface area contributed by atoms with Crippen molar-refractivity contribution in [3.8, 4) is 11.1 Å². The lowest BCUT2D eigenvalue weighted by Gasteiger charge is -2.17. The molecule has 13 aromatic carbocycles. The van der Waals surface area contributed by atoms with Gasteiger partial charge in [-0.25, -0.2) is 19.2 Å². The molecule has 0 amide bonds. The summed E-state index contributed by atoms with van der Waals surface area (Å²) in [6.45, 7) is 24.5. The van der Waals surface area contributed by atoms with Crippen LogP contribution in [0.3, 0.4) is 0 Å². The number of hydrogen-bond donors (Lipinski definition) is 0. The van der Waals surface area contributed by atoms with Crippen molar-refractivity contribution in [3.63, 3.8) is 0 Å². The van der Waals surface area contributed by atoms with E-state index in [-0.39, 0.29) is 44.3 Å². The molecule has 0 heterocycles. The number of carbonyl (C=O) groups is 4. The molecule has 0 unspecified atom stereocenters. The van der Waals surface area contributed by atoms with Gasteiger partial charge in [-0.15, -0.1) is 0 Å². The maximum Gasteiger partial charge on any atom is 0.333 e. The van der Waals surface area contributed by atoms with E-state index in [1.165, 1.54) is 44.5 Å². The lowest BCUT2D eigenvalue weighted by molar-refractivity contribution is -0.140. The summed E-state index contributed by atoms with van der Waals surface area (Å²) in [6.07, 6.45) is 1.19. The van der Waals surface area contributed by atoms with E-state index in [2.05, 4.69) is 180 Å². The molecule has 13 aromatic rings. The van der Waals surface area contributed by atoms with Crippen LogP contribution in [0.2, 0.25) is 0 Å². The summed E-state index contributed by atoms with van der Waals surface area (Å²) < 4.78 is 21.6. The van der Waals surface area contributed by atoms with Gasteiger partial charge < -0.3 is 18.9 Å². The van der Waals surface area contributed by atoms with Crippen molar-refractivity contribution in [2.75, 3.05) is 0 Å². The van der Waals surface area contributed by atoms with Gasteiger partial charge in [-0.1, -0.05) is 250 Å². The number of ether oxygens (including phenoxy) is 4. The molecule has 8 heteroatoms.